The molecule has 64 heavy (non-hydrogen) atoms. The molecule has 0 N–H and O–H groups in total. The molecule has 0 aliphatic carbocycles. The van der Waals surface area contributed by atoms with E-state index >= 15 is 0 Å². The minimum Gasteiger partial charge on any atom is -0.311 e. The average Bonchev–Trinajstić information content (AvgIpc) is 3.82. The van der Waals surface area contributed by atoms with Crippen molar-refractivity contribution in [3.8, 4) is 44.8 Å². The van der Waals surface area contributed by atoms with E-state index < -0.39 is 0 Å². The van der Waals surface area contributed by atoms with Gasteiger partial charge in [0.1, 0.15) is 110 Å². The van der Waals surface area contributed by atoms with Gasteiger partial charge in [0.2, 0.25) is 0 Å². The largest absolute Gasteiger partial charge is 0.311 e. The number of benzene rings is 8. The second kappa shape index (κ2) is 15.5. The van der Waals surface area contributed by atoms with Crippen LogP contribution in [0.3, 0.4) is 0 Å². The third kappa shape index (κ3) is 6.22. The standard InChI is InChI=1S/C48H46B14N2/c49-25-7-3-1-5-21(25)19-10-12-35(28(52)13-19)63-45-31(55)15-23(41(59)37(45)39-43(61)29(53)17-33(57)47(39)63)24-16-32(56)46-38(42(24)60)40-44(62)30(54)18-34(58)48(40)64(46)36-14-20(9-11-27(36)51)22-6-2-4-8-26(22)50/h1-18H,49-62H2. The molecule has 16 heteroatoms. The summed E-state index contributed by atoms with van der Waals surface area (Å²) in [4.78, 5) is 0. The fourth-order valence-corrected chi connectivity index (χ4v) is 11.5. The van der Waals surface area contributed by atoms with Gasteiger partial charge in [0.05, 0.1) is 0 Å². The lowest BCUT2D eigenvalue weighted by atomic mass is 9.70. The first-order valence-corrected chi connectivity index (χ1v) is 23.0. The Labute approximate surface area is 390 Å². The van der Waals surface area contributed by atoms with Crippen LogP contribution in [0.1, 0.15) is 0 Å². The summed E-state index contributed by atoms with van der Waals surface area (Å²) in [6.07, 6.45) is 0. The molecule has 0 atom stereocenters. The molecule has 290 valence electrons. The lowest BCUT2D eigenvalue weighted by Crippen LogP contribution is -2.32. The maximum atomic E-state index is 2.60. The second-order valence-corrected chi connectivity index (χ2v) is 19.2. The molecule has 0 saturated carbocycles. The van der Waals surface area contributed by atoms with E-state index in [4.69, 9.17) is 0 Å². The molecule has 2 nitrogen and oxygen atoms in total. The molecule has 0 fully saturated rings. The van der Waals surface area contributed by atoms with Crippen molar-refractivity contribution in [3.05, 3.63) is 109 Å². The zero-order valence-electron chi connectivity index (χ0n) is 40.3. The second-order valence-electron chi connectivity index (χ2n) is 19.2. The smallest absolute Gasteiger partial charge is 0.142 e. The highest BCUT2D eigenvalue weighted by Gasteiger charge is 2.26. The maximum Gasteiger partial charge on any atom is 0.142 e. The van der Waals surface area contributed by atoms with Crippen LogP contribution in [0.25, 0.3) is 88.4 Å². The van der Waals surface area contributed by atoms with Gasteiger partial charge in [-0.2, -0.15) is 0 Å². The van der Waals surface area contributed by atoms with Crippen molar-refractivity contribution in [2.75, 3.05) is 0 Å². The molecule has 0 saturated heterocycles. The van der Waals surface area contributed by atoms with Gasteiger partial charge in [-0.25, -0.2) is 0 Å². The molecule has 10 aromatic rings. The Hall–Kier alpha value is -5.73. The first-order valence-electron chi connectivity index (χ1n) is 23.0. The SMILES string of the molecule is Bc1ccccc1-c1ccc(-n2c3c(B)cc(B)c(B)c3c3c(B)c(-c4cc(B)c5c(c4B)c4c(B)c(B)cc(B)c4n5-c4cc(-c5ccccc5B)ccc4B)cc(B)c32)c(B)c1. The van der Waals surface area contributed by atoms with Gasteiger partial charge in [-0.15, -0.1) is 0 Å². The van der Waals surface area contributed by atoms with Gasteiger partial charge < -0.3 is 9.13 Å². The van der Waals surface area contributed by atoms with Crippen molar-refractivity contribution >= 4 is 230 Å². The third-order valence-electron chi connectivity index (χ3n) is 15.0. The zero-order valence-corrected chi connectivity index (χ0v) is 40.3. The van der Waals surface area contributed by atoms with E-state index in [0.717, 1.165) is 0 Å². The number of aromatic nitrogens is 2. The van der Waals surface area contributed by atoms with Crippen molar-refractivity contribution < 1.29 is 0 Å². The maximum absolute atomic E-state index is 2.60. The van der Waals surface area contributed by atoms with E-state index in [9.17, 15) is 0 Å². The van der Waals surface area contributed by atoms with Crippen LogP contribution in [-0.4, -0.2) is 119 Å². The van der Waals surface area contributed by atoms with E-state index in [1.165, 1.54) is 165 Å². The van der Waals surface area contributed by atoms with Crippen LogP contribution < -0.4 is 76.5 Å². The number of fused-ring (bicyclic) bond motifs is 6. The van der Waals surface area contributed by atoms with Gasteiger partial charge in [-0.1, -0.05) is 174 Å². The average molecular weight is 802 g/mol. The van der Waals surface area contributed by atoms with Gasteiger partial charge in [-0.3, -0.25) is 0 Å². The van der Waals surface area contributed by atoms with Crippen molar-refractivity contribution in [1.29, 1.82) is 0 Å². The molecule has 0 bridgehead atoms. The van der Waals surface area contributed by atoms with E-state index in [1.54, 1.807) is 0 Å². The number of hydrogen-bond acceptors (Lipinski definition) is 0. The predicted molar refractivity (Wildman–Crippen MR) is 326 cm³/mol. The number of hydrogen-bond donors (Lipinski definition) is 0. The number of nitrogens with zero attached hydrogens (tertiary/aromatic N) is 2. The van der Waals surface area contributed by atoms with E-state index in [1.807, 2.05) is 0 Å². The molecular formula is C48H46B14N2. The molecule has 10 rings (SSSR count). The topological polar surface area (TPSA) is 9.86 Å². The predicted octanol–water partition coefficient (Wildman–Crippen LogP) is -11.5. The molecule has 0 aliphatic heterocycles. The lowest BCUT2D eigenvalue weighted by molar-refractivity contribution is 1.20. The highest BCUT2D eigenvalue weighted by Crippen LogP contribution is 2.34. The Morgan fingerprint density at radius 2 is 0.641 bits per heavy atom. The fraction of sp³-hybridized carbons (Fsp3) is 0. The molecule has 0 spiro atoms. The Balaban J connectivity index is 1.28. The van der Waals surface area contributed by atoms with Gasteiger partial charge in [-0.05, 0) is 56.3 Å². The highest BCUT2D eigenvalue weighted by molar-refractivity contribution is 6.63. The quantitative estimate of drug-likeness (QED) is 0.153. The first-order chi connectivity index (χ1) is 30.6. The van der Waals surface area contributed by atoms with Crippen LogP contribution in [0.5, 0.6) is 0 Å². The van der Waals surface area contributed by atoms with E-state index in [0.29, 0.717) is 0 Å². The monoisotopic (exact) mass is 804 g/mol. The summed E-state index contributed by atoms with van der Waals surface area (Å²) in [7, 11) is 32.2. The van der Waals surface area contributed by atoms with E-state index in [-0.39, 0.29) is 0 Å². The summed E-state index contributed by atoms with van der Waals surface area (Å²) < 4.78 is 5.19. The summed E-state index contributed by atoms with van der Waals surface area (Å²) in [5, 5.41) is 5.47. The van der Waals surface area contributed by atoms with Crippen molar-refractivity contribution in [1.82, 2.24) is 9.13 Å². The minimum absolute atomic E-state index is 1.24. The zero-order chi connectivity index (χ0) is 45.2. The number of rotatable bonds is 5. The Kier molecular flexibility index (Phi) is 10.2. The van der Waals surface area contributed by atoms with Crippen molar-refractivity contribution in [2.45, 2.75) is 0 Å². The Morgan fingerprint density at radius 1 is 0.250 bits per heavy atom. The van der Waals surface area contributed by atoms with Gasteiger partial charge >= 0.3 is 0 Å². The third-order valence-corrected chi connectivity index (χ3v) is 15.0. The molecule has 2 aromatic heterocycles. The van der Waals surface area contributed by atoms with Crippen molar-refractivity contribution in [2.24, 2.45) is 0 Å². The highest BCUT2D eigenvalue weighted by atomic mass is 15.0. The molecular weight excluding hydrogens is 756 g/mol. The Bertz CT molecular complexity index is 3680. The molecule has 8 aromatic carbocycles. The molecule has 0 radical (unpaired) electrons. The summed E-state index contributed by atoms with van der Waals surface area (Å²) in [5.74, 6) is 0. The molecule has 2 heterocycles. The fourth-order valence-electron chi connectivity index (χ4n) is 11.5. The van der Waals surface area contributed by atoms with Crippen LogP contribution in [0.4, 0.5) is 0 Å². The molecule has 0 amide bonds. The molecule has 0 aliphatic rings. The lowest BCUT2D eigenvalue weighted by Gasteiger charge is -2.20. The first kappa shape index (κ1) is 42.2. The summed E-state index contributed by atoms with van der Waals surface area (Å²) >= 11 is 0. The van der Waals surface area contributed by atoms with Crippen LogP contribution in [-0.2, 0) is 0 Å². The van der Waals surface area contributed by atoms with Gasteiger partial charge in [0.25, 0.3) is 0 Å². The van der Waals surface area contributed by atoms with Gasteiger partial charge in [0.15, 0.2) is 0 Å². The van der Waals surface area contributed by atoms with Crippen LogP contribution in [0, 0.1) is 0 Å². The molecule has 0 unspecified atom stereocenters. The van der Waals surface area contributed by atoms with Crippen LogP contribution in [0.2, 0.25) is 0 Å². The van der Waals surface area contributed by atoms with Crippen LogP contribution in [0.15, 0.2) is 109 Å². The van der Waals surface area contributed by atoms with Gasteiger partial charge in [0, 0.05) is 44.2 Å². The minimum atomic E-state index is 1.24. The van der Waals surface area contributed by atoms with Crippen LogP contribution >= 0.6 is 0 Å². The summed E-state index contributed by atoms with van der Waals surface area (Å²) in [6, 6.07) is 41.3. The Morgan fingerprint density at radius 3 is 1.09 bits per heavy atom. The van der Waals surface area contributed by atoms with E-state index in [2.05, 4.69) is 228 Å². The normalized spacial score (nSPS) is 11.7. The van der Waals surface area contributed by atoms with Crippen molar-refractivity contribution in [3.63, 3.8) is 0 Å². The summed E-state index contributed by atoms with van der Waals surface area (Å²) in [6.45, 7) is 0. The summed E-state index contributed by atoms with van der Waals surface area (Å²) in [5.41, 5.74) is 33.8.